The molecule has 45 heavy (non-hydrogen) atoms. The molecule has 4 heterocycles. The molecule has 7 rings (SSSR count). The summed E-state index contributed by atoms with van der Waals surface area (Å²) in [6.45, 7) is 6.45. The van der Waals surface area contributed by atoms with Gasteiger partial charge in [0.05, 0.1) is 5.56 Å². The summed E-state index contributed by atoms with van der Waals surface area (Å²) in [5.74, 6) is 2.36. The molecule has 0 spiro atoms. The Morgan fingerprint density at radius 1 is 1.07 bits per heavy atom. The van der Waals surface area contributed by atoms with Gasteiger partial charge >= 0.3 is 6.18 Å². The molecule has 1 saturated heterocycles. The lowest BCUT2D eigenvalue weighted by Crippen LogP contribution is -2.45. The molecule has 236 valence electrons. The fraction of sp³-hybridized carbons (Fsp3) is 0.441. The molecule has 1 aromatic heterocycles. The van der Waals surface area contributed by atoms with Gasteiger partial charge in [0.25, 0.3) is 0 Å². The van der Waals surface area contributed by atoms with Gasteiger partial charge in [-0.25, -0.2) is 4.98 Å². The first-order valence-corrected chi connectivity index (χ1v) is 15.6. The Balaban J connectivity index is 0.989. The van der Waals surface area contributed by atoms with Crippen LogP contribution in [0.2, 0.25) is 0 Å². The number of nitrogens with one attached hydrogen (secondary N) is 1. The highest BCUT2D eigenvalue weighted by molar-refractivity contribution is 5.93. The molecular weight excluding hydrogens is 585 g/mol. The maximum Gasteiger partial charge on any atom is 0.416 e. The van der Waals surface area contributed by atoms with Gasteiger partial charge in [-0.2, -0.15) is 13.2 Å². The lowest BCUT2D eigenvalue weighted by molar-refractivity contribution is -0.138. The van der Waals surface area contributed by atoms with Crippen molar-refractivity contribution in [1.29, 1.82) is 0 Å². The summed E-state index contributed by atoms with van der Waals surface area (Å²) in [4.78, 5) is 33.4. The number of ether oxygens (including phenoxy) is 2. The molecule has 3 atom stereocenters. The van der Waals surface area contributed by atoms with E-state index in [0.717, 1.165) is 55.7 Å². The van der Waals surface area contributed by atoms with E-state index in [2.05, 4.69) is 27.0 Å². The molecule has 3 aliphatic heterocycles. The second-order valence-corrected chi connectivity index (χ2v) is 12.4. The Kier molecular flexibility index (Phi) is 7.77. The van der Waals surface area contributed by atoms with Crippen molar-refractivity contribution in [3.63, 3.8) is 0 Å². The van der Waals surface area contributed by atoms with Crippen molar-refractivity contribution in [2.24, 2.45) is 5.92 Å². The number of ketones is 1. The van der Waals surface area contributed by atoms with Crippen molar-refractivity contribution in [3.8, 4) is 17.2 Å². The van der Waals surface area contributed by atoms with Crippen molar-refractivity contribution in [3.05, 3.63) is 76.5 Å². The van der Waals surface area contributed by atoms with Crippen LogP contribution in [-0.4, -0.2) is 65.3 Å². The number of carbonyl (C=O) groups is 2. The van der Waals surface area contributed by atoms with E-state index in [1.165, 1.54) is 6.07 Å². The van der Waals surface area contributed by atoms with E-state index in [1.54, 1.807) is 18.3 Å². The van der Waals surface area contributed by atoms with Crippen molar-refractivity contribution >= 4 is 17.5 Å². The van der Waals surface area contributed by atoms with Crippen molar-refractivity contribution in [2.75, 3.05) is 38.0 Å². The number of anilines is 1. The quantitative estimate of drug-likeness (QED) is 0.334. The molecule has 2 fully saturated rings. The van der Waals surface area contributed by atoms with Crippen LogP contribution in [0.4, 0.5) is 19.0 Å². The fourth-order valence-electron chi connectivity index (χ4n) is 6.94. The van der Waals surface area contributed by atoms with Gasteiger partial charge in [-0.3, -0.25) is 14.5 Å². The average Bonchev–Trinajstić information content (AvgIpc) is 3.53. The number of Topliss-reactive ketones (excluding diaryl/α,β-unsaturated/α-hetero) is 1. The number of alkyl halides is 3. The number of piperazine rings is 1. The zero-order valence-electron chi connectivity index (χ0n) is 25.0. The van der Waals surface area contributed by atoms with E-state index in [9.17, 15) is 22.8 Å². The number of pyridine rings is 1. The van der Waals surface area contributed by atoms with Crippen molar-refractivity contribution < 1.29 is 32.2 Å². The summed E-state index contributed by atoms with van der Waals surface area (Å²) in [6, 6.07) is 11.7. The van der Waals surface area contributed by atoms with Crippen LogP contribution < -0.4 is 14.8 Å². The molecule has 2 aromatic carbocycles. The minimum absolute atomic E-state index is 0.0210. The van der Waals surface area contributed by atoms with Crippen LogP contribution in [0.5, 0.6) is 17.2 Å². The molecular formula is C34H35F3N4O4. The Hall–Kier alpha value is -3.96. The third-order valence-corrected chi connectivity index (χ3v) is 9.45. The SMILES string of the molecule is CCN1CCN(Cc2ccc(CC(=O)C[C@@H]3[C@H]4Oc5ccc(Oc6ccnc7c6CCC(=O)N7)cc5[C@@H]34)cc2C(F)(F)F)CC1. The van der Waals surface area contributed by atoms with Gasteiger partial charge in [0.1, 0.15) is 35.0 Å². The van der Waals surface area contributed by atoms with Gasteiger partial charge in [0.15, 0.2) is 0 Å². The van der Waals surface area contributed by atoms with Crippen LogP contribution in [0.1, 0.15) is 53.5 Å². The molecule has 1 amide bonds. The lowest BCUT2D eigenvalue weighted by Gasteiger charge is -2.34. The number of likely N-dealkylation sites (N-methyl/N-ethyl adjacent to an activating group) is 1. The molecule has 3 aromatic rings. The predicted molar refractivity (Wildman–Crippen MR) is 161 cm³/mol. The molecule has 0 radical (unpaired) electrons. The summed E-state index contributed by atoms with van der Waals surface area (Å²) in [6.07, 6.45) is -1.93. The summed E-state index contributed by atoms with van der Waals surface area (Å²) in [5, 5.41) is 2.77. The summed E-state index contributed by atoms with van der Waals surface area (Å²) >= 11 is 0. The summed E-state index contributed by atoms with van der Waals surface area (Å²) in [5.41, 5.74) is 1.79. The summed E-state index contributed by atoms with van der Waals surface area (Å²) in [7, 11) is 0. The fourth-order valence-corrected chi connectivity index (χ4v) is 6.94. The topological polar surface area (TPSA) is 84.0 Å². The Bertz CT molecular complexity index is 1640. The Morgan fingerprint density at radius 3 is 2.64 bits per heavy atom. The van der Waals surface area contributed by atoms with Crippen molar-refractivity contribution in [2.45, 2.75) is 57.3 Å². The predicted octanol–water partition coefficient (Wildman–Crippen LogP) is 5.59. The molecule has 1 saturated carbocycles. The molecule has 0 bridgehead atoms. The van der Waals surface area contributed by atoms with Crippen LogP contribution in [0.15, 0.2) is 48.7 Å². The number of fused-ring (bicyclic) bond motifs is 4. The Labute approximate surface area is 259 Å². The van der Waals surface area contributed by atoms with Gasteiger partial charge in [0, 0.05) is 81.1 Å². The number of benzene rings is 2. The molecule has 4 aliphatic rings. The molecule has 8 nitrogen and oxygen atoms in total. The number of hydrogen-bond donors (Lipinski definition) is 1. The number of rotatable bonds is 9. The average molecular weight is 621 g/mol. The van der Waals surface area contributed by atoms with E-state index in [-0.39, 0.29) is 54.6 Å². The zero-order chi connectivity index (χ0) is 31.3. The first-order valence-electron chi connectivity index (χ1n) is 15.6. The lowest BCUT2D eigenvalue weighted by atomic mass is 9.97. The van der Waals surface area contributed by atoms with E-state index in [1.807, 2.05) is 18.2 Å². The van der Waals surface area contributed by atoms with Gasteiger partial charge in [-0.1, -0.05) is 19.1 Å². The number of carbonyl (C=O) groups excluding carboxylic acids is 2. The highest BCUT2D eigenvalue weighted by atomic mass is 19.4. The standard InChI is InChI=1S/C34H35F3N4O4/c1-2-40-11-13-41(14-12-40)19-21-4-3-20(16-27(21)34(35,36)37)15-22(42)17-26-31-25-18-23(5-7-28(25)45-32(26)31)44-29-9-10-38-33-24(29)6-8-30(43)39-33/h3-5,7,9-10,16,18,26,31-32H,2,6,8,11-15,17,19H2,1H3,(H,38,39,43)/t26-,31-,32+/m0/s1. The number of amides is 1. The normalized spacial score (nSPS) is 22.6. The van der Waals surface area contributed by atoms with Crippen LogP contribution in [-0.2, 0) is 35.2 Å². The Morgan fingerprint density at radius 2 is 1.87 bits per heavy atom. The largest absolute Gasteiger partial charge is 0.489 e. The van der Waals surface area contributed by atoms with E-state index >= 15 is 0 Å². The smallest absolute Gasteiger partial charge is 0.416 e. The van der Waals surface area contributed by atoms with Gasteiger partial charge in [-0.05, 0) is 54.4 Å². The first-order chi connectivity index (χ1) is 21.7. The van der Waals surface area contributed by atoms with Crippen LogP contribution in [0.3, 0.4) is 0 Å². The van der Waals surface area contributed by atoms with Crippen LogP contribution in [0, 0.1) is 5.92 Å². The van der Waals surface area contributed by atoms with Crippen LogP contribution in [0.25, 0.3) is 0 Å². The van der Waals surface area contributed by atoms with Gasteiger partial charge in [-0.15, -0.1) is 0 Å². The third kappa shape index (κ3) is 6.15. The second kappa shape index (κ2) is 11.8. The first kappa shape index (κ1) is 29.7. The van der Waals surface area contributed by atoms with E-state index < -0.39 is 11.7 Å². The highest BCUT2D eigenvalue weighted by Crippen LogP contribution is 2.60. The van der Waals surface area contributed by atoms with E-state index in [4.69, 9.17) is 9.47 Å². The number of hydrogen-bond acceptors (Lipinski definition) is 7. The molecule has 1 aliphatic carbocycles. The molecule has 0 unspecified atom stereocenters. The zero-order valence-corrected chi connectivity index (χ0v) is 25.0. The van der Waals surface area contributed by atoms with Crippen molar-refractivity contribution in [1.82, 2.24) is 14.8 Å². The van der Waals surface area contributed by atoms with Crippen LogP contribution >= 0.6 is 0 Å². The second-order valence-electron chi connectivity index (χ2n) is 12.4. The minimum Gasteiger partial charge on any atom is -0.489 e. The maximum atomic E-state index is 14.1. The highest BCUT2D eigenvalue weighted by Gasteiger charge is 2.59. The molecule has 11 heteroatoms. The summed E-state index contributed by atoms with van der Waals surface area (Å²) < 4.78 is 54.5. The minimum atomic E-state index is -4.49. The maximum absolute atomic E-state index is 14.1. The number of halogens is 3. The van der Waals surface area contributed by atoms with E-state index in [0.29, 0.717) is 35.7 Å². The number of aromatic nitrogens is 1. The van der Waals surface area contributed by atoms with Gasteiger partial charge < -0.3 is 19.7 Å². The third-order valence-electron chi connectivity index (χ3n) is 9.45. The van der Waals surface area contributed by atoms with Gasteiger partial charge in [0.2, 0.25) is 5.91 Å². The molecule has 1 N–H and O–H groups in total. The monoisotopic (exact) mass is 620 g/mol. The number of nitrogens with zero attached hydrogens (tertiary/aromatic N) is 3.